The molecule has 0 aromatic carbocycles. The summed E-state index contributed by atoms with van der Waals surface area (Å²) in [5.41, 5.74) is -0.968. The molecule has 0 aliphatic rings. The summed E-state index contributed by atoms with van der Waals surface area (Å²) in [7, 11) is -4.41. The minimum atomic E-state index is -4.41. The first kappa shape index (κ1) is 15.5. The molecule has 0 saturated heterocycles. The van der Waals surface area contributed by atoms with Crippen molar-refractivity contribution in [3.63, 3.8) is 0 Å². The normalized spacial score (nSPS) is 12.8. The smallest absolute Gasteiger partial charge is 0.469 e. The Morgan fingerprint density at radius 1 is 1.31 bits per heavy atom. The van der Waals surface area contributed by atoms with Gasteiger partial charge in [0.1, 0.15) is 0 Å². The highest BCUT2D eigenvalue weighted by Gasteiger charge is 2.27. The number of phosphoric acid groups is 1. The fourth-order valence-electron chi connectivity index (χ4n) is 0.734. The molecule has 7 nitrogen and oxygen atoms in total. The van der Waals surface area contributed by atoms with E-state index >= 15 is 0 Å². The molecule has 0 fully saturated rings. The van der Waals surface area contributed by atoms with Gasteiger partial charge < -0.3 is 19.6 Å². The Kier molecular flexibility index (Phi) is 6.14. The van der Waals surface area contributed by atoms with E-state index in [9.17, 15) is 9.36 Å². The van der Waals surface area contributed by atoms with Gasteiger partial charge in [0, 0.05) is 6.61 Å². The lowest BCUT2D eigenvalue weighted by molar-refractivity contribution is -0.150. The van der Waals surface area contributed by atoms with Crippen LogP contribution in [-0.4, -0.2) is 40.7 Å². The third-order valence-electron chi connectivity index (χ3n) is 1.73. The van der Waals surface area contributed by atoms with Crippen molar-refractivity contribution in [1.29, 1.82) is 0 Å². The van der Waals surface area contributed by atoms with Crippen molar-refractivity contribution in [3.05, 3.63) is 0 Å². The molecular formula is C8H17O7P. The molecule has 0 bridgehead atoms. The lowest BCUT2D eigenvalue weighted by atomic mass is 9.95. The maximum absolute atomic E-state index is 10.7. The van der Waals surface area contributed by atoms with E-state index in [-0.39, 0.29) is 19.8 Å². The summed E-state index contributed by atoms with van der Waals surface area (Å²) in [6, 6.07) is 0. The van der Waals surface area contributed by atoms with E-state index in [0.717, 1.165) is 0 Å². The Labute approximate surface area is 93.6 Å². The van der Waals surface area contributed by atoms with Crippen molar-refractivity contribution in [2.45, 2.75) is 20.3 Å². The molecule has 0 spiro atoms. The van der Waals surface area contributed by atoms with Gasteiger partial charge in [0.05, 0.1) is 18.6 Å². The maximum Gasteiger partial charge on any atom is 0.469 e. The second-order valence-electron chi connectivity index (χ2n) is 3.92. The molecule has 0 amide bonds. The molecule has 0 aliphatic carbocycles. The predicted octanol–water partition coefficient (Wildman–Crippen LogP) is 0.613. The van der Waals surface area contributed by atoms with Gasteiger partial charge in [-0.2, -0.15) is 0 Å². The Hall–Kier alpha value is -0.460. The van der Waals surface area contributed by atoms with Crippen molar-refractivity contribution in [3.8, 4) is 0 Å². The quantitative estimate of drug-likeness (QED) is 0.430. The first-order valence-electron chi connectivity index (χ1n) is 4.66. The monoisotopic (exact) mass is 256 g/mol. The van der Waals surface area contributed by atoms with Gasteiger partial charge in [-0.1, -0.05) is 0 Å². The Morgan fingerprint density at radius 3 is 2.31 bits per heavy atom. The molecule has 0 rings (SSSR count). The molecule has 0 heterocycles. The molecule has 0 aromatic heterocycles. The molecule has 0 aliphatic heterocycles. The van der Waals surface area contributed by atoms with Crippen molar-refractivity contribution in [1.82, 2.24) is 0 Å². The SMILES string of the molecule is CC(C)(COCCCOP(=O)(O)O)C(=O)O. The molecule has 0 unspecified atom stereocenters. The van der Waals surface area contributed by atoms with Gasteiger partial charge in [0.15, 0.2) is 0 Å². The number of hydrogen-bond donors (Lipinski definition) is 3. The summed E-state index contributed by atoms with van der Waals surface area (Å²) in [4.78, 5) is 27.4. The Balaban J connectivity index is 3.55. The number of aliphatic carboxylic acids is 1. The largest absolute Gasteiger partial charge is 0.481 e. The topological polar surface area (TPSA) is 113 Å². The van der Waals surface area contributed by atoms with Crippen LogP contribution in [0.25, 0.3) is 0 Å². The zero-order valence-electron chi connectivity index (χ0n) is 9.25. The number of carboxylic acid groups (broad SMARTS) is 1. The lowest BCUT2D eigenvalue weighted by Gasteiger charge is -2.18. The highest BCUT2D eigenvalue weighted by molar-refractivity contribution is 7.46. The third kappa shape index (κ3) is 7.78. The van der Waals surface area contributed by atoms with Crippen molar-refractivity contribution < 1.29 is 33.5 Å². The van der Waals surface area contributed by atoms with E-state index in [4.69, 9.17) is 19.6 Å². The van der Waals surface area contributed by atoms with Gasteiger partial charge >= 0.3 is 13.8 Å². The number of ether oxygens (including phenoxy) is 1. The van der Waals surface area contributed by atoms with Gasteiger partial charge in [-0.25, -0.2) is 4.57 Å². The second kappa shape index (κ2) is 6.32. The number of rotatable bonds is 8. The summed E-state index contributed by atoms with van der Waals surface area (Å²) in [6.07, 6.45) is 0.292. The first-order chi connectivity index (χ1) is 7.15. The summed E-state index contributed by atoms with van der Waals surface area (Å²) in [6.45, 7) is 3.16. The predicted molar refractivity (Wildman–Crippen MR) is 54.8 cm³/mol. The first-order valence-corrected chi connectivity index (χ1v) is 6.19. The van der Waals surface area contributed by atoms with Crippen molar-refractivity contribution in [2.75, 3.05) is 19.8 Å². The average Bonchev–Trinajstić information content (AvgIpc) is 2.09. The molecule has 0 saturated carbocycles. The maximum atomic E-state index is 10.7. The minimum Gasteiger partial charge on any atom is -0.481 e. The van der Waals surface area contributed by atoms with Crippen LogP contribution in [0.4, 0.5) is 0 Å². The molecule has 0 radical (unpaired) electrons. The highest BCUT2D eigenvalue weighted by Crippen LogP contribution is 2.35. The highest BCUT2D eigenvalue weighted by atomic mass is 31.2. The molecule has 96 valence electrons. The van der Waals surface area contributed by atoms with E-state index < -0.39 is 19.2 Å². The van der Waals surface area contributed by atoms with Crippen LogP contribution in [0.5, 0.6) is 0 Å². The van der Waals surface area contributed by atoms with Gasteiger partial charge in [-0.05, 0) is 20.3 Å². The van der Waals surface area contributed by atoms with Gasteiger partial charge in [-0.3, -0.25) is 9.32 Å². The number of carbonyl (C=O) groups is 1. The van der Waals surface area contributed by atoms with Crippen LogP contribution in [0.1, 0.15) is 20.3 Å². The summed E-state index contributed by atoms with van der Waals surface area (Å²) in [5.74, 6) is -0.959. The lowest BCUT2D eigenvalue weighted by Crippen LogP contribution is -2.29. The summed E-state index contributed by atoms with van der Waals surface area (Å²) < 4.78 is 19.5. The van der Waals surface area contributed by atoms with Crippen LogP contribution >= 0.6 is 7.82 Å². The van der Waals surface area contributed by atoms with Gasteiger partial charge in [0.25, 0.3) is 0 Å². The number of phosphoric ester groups is 1. The Bertz CT molecular complexity index is 270. The van der Waals surface area contributed by atoms with E-state index in [2.05, 4.69) is 4.52 Å². The van der Waals surface area contributed by atoms with E-state index in [1.165, 1.54) is 13.8 Å². The van der Waals surface area contributed by atoms with Crippen molar-refractivity contribution >= 4 is 13.8 Å². The third-order valence-corrected chi connectivity index (χ3v) is 2.25. The number of hydrogen-bond acceptors (Lipinski definition) is 4. The fourth-order valence-corrected chi connectivity index (χ4v) is 1.10. The summed E-state index contributed by atoms with van der Waals surface area (Å²) in [5, 5.41) is 8.74. The minimum absolute atomic E-state index is 0.0399. The molecule has 0 atom stereocenters. The molecule has 0 aromatic rings. The fraction of sp³-hybridized carbons (Fsp3) is 0.875. The van der Waals surface area contributed by atoms with Crippen LogP contribution in [0, 0.1) is 5.41 Å². The van der Waals surface area contributed by atoms with Crippen LogP contribution < -0.4 is 0 Å². The Morgan fingerprint density at radius 2 is 1.88 bits per heavy atom. The molecule has 3 N–H and O–H groups in total. The summed E-state index contributed by atoms with van der Waals surface area (Å²) >= 11 is 0. The van der Waals surface area contributed by atoms with Crippen LogP contribution in [0.3, 0.4) is 0 Å². The van der Waals surface area contributed by atoms with Crippen molar-refractivity contribution in [2.24, 2.45) is 5.41 Å². The van der Waals surface area contributed by atoms with Crippen LogP contribution in [-0.2, 0) is 18.6 Å². The van der Waals surface area contributed by atoms with Gasteiger partial charge in [-0.15, -0.1) is 0 Å². The molecule has 16 heavy (non-hydrogen) atoms. The average molecular weight is 256 g/mol. The zero-order chi connectivity index (χ0) is 12.8. The van der Waals surface area contributed by atoms with E-state index in [1.807, 2.05) is 0 Å². The molecule has 8 heteroatoms. The van der Waals surface area contributed by atoms with E-state index in [0.29, 0.717) is 6.42 Å². The standard InChI is InChI=1S/C8H17O7P/c1-8(2,7(9)10)6-14-4-3-5-15-16(11,12)13/h3-6H2,1-2H3,(H,9,10)(H2,11,12,13). The number of carboxylic acids is 1. The van der Waals surface area contributed by atoms with Crippen LogP contribution in [0.2, 0.25) is 0 Å². The van der Waals surface area contributed by atoms with Gasteiger partial charge in [0.2, 0.25) is 0 Å². The van der Waals surface area contributed by atoms with Crippen LogP contribution in [0.15, 0.2) is 0 Å². The molecular weight excluding hydrogens is 239 g/mol. The zero-order valence-corrected chi connectivity index (χ0v) is 10.1. The van der Waals surface area contributed by atoms with E-state index in [1.54, 1.807) is 0 Å². The second-order valence-corrected chi connectivity index (χ2v) is 5.16.